The molecule has 1 fully saturated rings. The van der Waals surface area contributed by atoms with Gasteiger partial charge in [-0.3, -0.25) is 14.9 Å². The second kappa shape index (κ2) is 7.45. The van der Waals surface area contributed by atoms with E-state index in [0.29, 0.717) is 22.9 Å². The van der Waals surface area contributed by atoms with Crippen LogP contribution in [0, 0.1) is 0 Å². The zero-order valence-corrected chi connectivity index (χ0v) is 15.4. The molecule has 1 aliphatic heterocycles. The molecule has 6 heteroatoms. The second-order valence-corrected chi connectivity index (χ2v) is 6.45. The number of amides is 4. The molecule has 1 heterocycles. The van der Waals surface area contributed by atoms with Gasteiger partial charge in [-0.15, -0.1) is 0 Å². The van der Waals surface area contributed by atoms with Crippen LogP contribution in [-0.2, 0) is 9.59 Å². The van der Waals surface area contributed by atoms with Crippen molar-refractivity contribution in [3.63, 3.8) is 0 Å². The summed E-state index contributed by atoms with van der Waals surface area (Å²) in [7, 11) is 1.51. The van der Waals surface area contributed by atoms with Crippen LogP contribution in [0.4, 0.5) is 10.5 Å². The Bertz CT molecular complexity index is 929. The van der Waals surface area contributed by atoms with E-state index < -0.39 is 17.8 Å². The Morgan fingerprint density at radius 3 is 2.30 bits per heavy atom. The average Bonchev–Trinajstić information content (AvgIpc) is 2.65. The van der Waals surface area contributed by atoms with E-state index in [2.05, 4.69) is 19.2 Å². The van der Waals surface area contributed by atoms with Gasteiger partial charge in [0, 0.05) is 5.56 Å². The van der Waals surface area contributed by atoms with Gasteiger partial charge in [0.15, 0.2) is 0 Å². The molecule has 2 aromatic rings. The third kappa shape index (κ3) is 3.60. The quantitative estimate of drug-likeness (QED) is 0.666. The van der Waals surface area contributed by atoms with E-state index in [-0.39, 0.29) is 5.57 Å². The van der Waals surface area contributed by atoms with Crippen LogP contribution in [-0.4, -0.2) is 25.0 Å². The third-order valence-electron chi connectivity index (χ3n) is 4.36. The van der Waals surface area contributed by atoms with Gasteiger partial charge in [-0.2, -0.15) is 0 Å². The maximum Gasteiger partial charge on any atom is 0.335 e. The Balaban J connectivity index is 2.00. The normalized spacial score (nSPS) is 16.1. The first-order valence-corrected chi connectivity index (χ1v) is 8.57. The van der Waals surface area contributed by atoms with Crippen molar-refractivity contribution in [1.82, 2.24) is 5.32 Å². The maximum atomic E-state index is 12.9. The van der Waals surface area contributed by atoms with Gasteiger partial charge in [0.2, 0.25) is 0 Å². The van der Waals surface area contributed by atoms with Crippen LogP contribution in [0.15, 0.2) is 54.1 Å². The Morgan fingerprint density at radius 2 is 1.67 bits per heavy atom. The SMILES string of the molecule is COc1ccccc1C=C1C(=O)NC(=O)N(c2ccc(C(C)C)cc2)C1=O. The summed E-state index contributed by atoms with van der Waals surface area (Å²) in [5, 5.41) is 2.22. The highest BCUT2D eigenvalue weighted by Gasteiger charge is 2.36. The molecule has 0 radical (unpaired) electrons. The number of ether oxygens (including phenoxy) is 1. The van der Waals surface area contributed by atoms with Crippen molar-refractivity contribution < 1.29 is 19.1 Å². The fraction of sp³-hybridized carbons (Fsp3) is 0.190. The molecule has 27 heavy (non-hydrogen) atoms. The molecule has 0 aromatic heterocycles. The van der Waals surface area contributed by atoms with Crippen molar-refractivity contribution >= 4 is 29.6 Å². The molecule has 0 unspecified atom stereocenters. The van der Waals surface area contributed by atoms with Crippen molar-refractivity contribution in [3.8, 4) is 5.75 Å². The minimum atomic E-state index is -0.764. The number of nitrogens with zero attached hydrogens (tertiary/aromatic N) is 1. The van der Waals surface area contributed by atoms with Gasteiger partial charge < -0.3 is 4.74 Å². The van der Waals surface area contributed by atoms with Crippen LogP contribution < -0.4 is 15.0 Å². The Kier molecular flexibility index (Phi) is 5.07. The number of carbonyl (C=O) groups excluding carboxylic acids is 3. The van der Waals surface area contributed by atoms with Crippen LogP contribution in [0.2, 0.25) is 0 Å². The van der Waals surface area contributed by atoms with E-state index in [9.17, 15) is 14.4 Å². The van der Waals surface area contributed by atoms with E-state index in [1.807, 2.05) is 12.1 Å². The number of rotatable bonds is 4. The number of hydrogen-bond acceptors (Lipinski definition) is 4. The lowest BCUT2D eigenvalue weighted by atomic mass is 10.0. The summed E-state index contributed by atoms with van der Waals surface area (Å²) in [5.74, 6) is -0.555. The molecule has 0 aliphatic carbocycles. The Morgan fingerprint density at radius 1 is 1.00 bits per heavy atom. The van der Waals surface area contributed by atoms with Gasteiger partial charge in [-0.1, -0.05) is 44.2 Å². The molecule has 0 atom stereocenters. The fourth-order valence-electron chi connectivity index (χ4n) is 2.84. The molecule has 1 saturated heterocycles. The number of hydrogen-bond donors (Lipinski definition) is 1. The number of benzene rings is 2. The maximum absolute atomic E-state index is 12.9. The Hall–Kier alpha value is -3.41. The number of urea groups is 1. The van der Waals surface area contributed by atoms with E-state index >= 15 is 0 Å². The van der Waals surface area contributed by atoms with E-state index in [0.717, 1.165) is 10.5 Å². The lowest BCUT2D eigenvalue weighted by Crippen LogP contribution is -2.54. The molecule has 0 bridgehead atoms. The summed E-state index contributed by atoms with van der Waals surface area (Å²) in [6.45, 7) is 4.11. The monoisotopic (exact) mass is 364 g/mol. The highest BCUT2D eigenvalue weighted by atomic mass is 16.5. The Labute approximate surface area is 157 Å². The van der Waals surface area contributed by atoms with Crippen LogP contribution >= 0.6 is 0 Å². The first-order valence-electron chi connectivity index (χ1n) is 8.57. The molecule has 138 valence electrons. The average molecular weight is 364 g/mol. The van der Waals surface area contributed by atoms with Gasteiger partial charge in [-0.25, -0.2) is 9.69 Å². The smallest absolute Gasteiger partial charge is 0.335 e. The standard InChI is InChI=1S/C21H20N2O4/c1-13(2)14-8-10-16(11-9-14)23-20(25)17(19(24)22-21(23)26)12-15-6-4-5-7-18(15)27-3/h4-13H,1-3H3,(H,22,24,26). The van der Waals surface area contributed by atoms with Gasteiger partial charge in [-0.05, 0) is 35.8 Å². The first-order chi connectivity index (χ1) is 12.9. The summed E-state index contributed by atoms with van der Waals surface area (Å²) >= 11 is 0. The van der Waals surface area contributed by atoms with Crippen LogP contribution in [0.1, 0.15) is 30.9 Å². The third-order valence-corrected chi connectivity index (χ3v) is 4.36. The number of para-hydroxylation sites is 1. The highest BCUT2D eigenvalue weighted by Crippen LogP contribution is 2.26. The summed E-state index contributed by atoms with van der Waals surface area (Å²) in [4.78, 5) is 38.4. The predicted molar refractivity (Wildman–Crippen MR) is 103 cm³/mol. The van der Waals surface area contributed by atoms with Crippen molar-refractivity contribution in [2.24, 2.45) is 0 Å². The van der Waals surface area contributed by atoms with Crippen LogP contribution in [0.25, 0.3) is 6.08 Å². The molecule has 1 N–H and O–H groups in total. The van der Waals surface area contributed by atoms with Gasteiger partial charge in [0.1, 0.15) is 11.3 Å². The number of carbonyl (C=O) groups is 3. The van der Waals surface area contributed by atoms with Gasteiger partial charge in [0.05, 0.1) is 12.8 Å². The van der Waals surface area contributed by atoms with E-state index in [4.69, 9.17) is 4.74 Å². The second-order valence-electron chi connectivity index (χ2n) is 6.45. The number of barbiturate groups is 1. The van der Waals surface area contributed by atoms with Crippen molar-refractivity contribution in [2.75, 3.05) is 12.0 Å². The molecule has 0 spiro atoms. The number of nitrogens with one attached hydrogen (secondary N) is 1. The van der Waals surface area contributed by atoms with Crippen LogP contribution in [0.3, 0.4) is 0 Å². The number of imide groups is 2. The fourth-order valence-corrected chi connectivity index (χ4v) is 2.84. The largest absolute Gasteiger partial charge is 0.496 e. The molecule has 0 saturated carbocycles. The van der Waals surface area contributed by atoms with Crippen LogP contribution in [0.5, 0.6) is 5.75 Å². The minimum Gasteiger partial charge on any atom is -0.496 e. The number of methoxy groups -OCH3 is 1. The molecular weight excluding hydrogens is 344 g/mol. The van der Waals surface area contributed by atoms with E-state index in [1.54, 1.807) is 36.4 Å². The summed E-state index contributed by atoms with van der Waals surface area (Å²) < 4.78 is 5.26. The lowest BCUT2D eigenvalue weighted by Gasteiger charge is -2.26. The minimum absolute atomic E-state index is 0.132. The molecular formula is C21H20N2O4. The zero-order valence-electron chi connectivity index (χ0n) is 15.4. The summed E-state index contributed by atoms with van der Waals surface area (Å²) in [6.07, 6.45) is 1.43. The summed E-state index contributed by atoms with van der Waals surface area (Å²) in [5.41, 5.74) is 1.93. The van der Waals surface area contributed by atoms with Crippen molar-refractivity contribution in [3.05, 3.63) is 65.2 Å². The summed E-state index contributed by atoms with van der Waals surface area (Å²) in [6, 6.07) is 13.4. The molecule has 1 aliphatic rings. The van der Waals surface area contributed by atoms with Gasteiger partial charge in [0.25, 0.3) is 11.8 Å². The molecule has 3 rings (SSSR count). The van der Waals surface area contributed by atoms with Crippen molar-refractivity contribution in [1.29, 1.82) is 0 Å². The zero-order chi connectivity index (χ0) is 19.6. The highest BCUT2D eigenvalue weighted by molar-refractivity contribution is 6.39. The lowest BCUT2D eigenvalue weighted by molar-refractivity contribution is -0.122. The first kappa shape index (κ1) is 18.4. The molecule has 4 amide bonds. The van der Waals surface area contributed by atoms with Gasteiger partial charge >= 0.3 is 6.03 Å². The van der Waals surface area contributed by atoms with E-state index in [1.165, 1.54) is 13.2 Å². The topological polar surface area (TPSA) is 75.7 Å². The molecule has 2 aromatic carbocycles. The van der Waals surface area contributed by atoms with Crippen molar-refractivity contribution in [2.45, 2.75) is 19.8 Å². The molecule has 6 nitrogen and oxygen atoms in total. The predicted octanol–water partition coefficient (Wildman–Crippen LogP) is 3.49. The number of anilines is 1.